The van der Waals surface area contributed by atoms with Crippen LogP contribution in [0.3, 0.4) is 0 Å². The number of hydrogen-bond donors (Lipinski definition) is 0. The third kappa shape index (κ3) is 4.35. The number of ketones is 1. The summed E-state index contributed by atoms with van der Waals surface area (Å²) >= 11 is 1.61. The van der Waals surface area contributed by atoms with Crippen molar-refractivity contribution >= 4 is 29.4 Å². The number of β-lactam (4-membered cyclic amide) rings is 1. The molecule has 0 radical (unpaired) electrons. The van der Waals surface area contributed by atoms with Gasteiger partial charge in [0.15, 0.2) is 5.78 Å². The molecule has 0 unspecified atom stereocenters. The highest BCUT2D eigenvalue weighted by Crippen LogP contribution is 2.40. The summed E-state index contributed by atoms with van der Waals surface area (Å²) in [5.41, 5.74) is 0.641. The molecule has 2 aliphatic rings. The van der Waals surface area contributed by atoms with Crippen molar-refractivity contribution in [1.29, 1.82) is 0 Å². The number of esters is 1. The van der Waals surface area contributed by atoms with Gasteiger partial charge >= 0.3 is 5.97 Å². The van der Waals surface area contributed by atoms with Crippen LogP contribution in [-0.2, 0) is 19.1 Å². The topological polar surface area (TPSA) is 72.9 Å². The SMILES string of the molecule is CC(C)(C)C(=O)COC1=C(COC(=O)c2ccccc2)CS[C@H]2CC(=O)N12. The van der Waals surface area contributed by atoms with Gasteiger partial charge < -0.3 is 9.47 Å². The number of thioether (sulfide) groups is 1. The number of benzene rings is 1. The number of carbonyl (C=O) groups is 3. The second-order valence-electron chi connectivity index (χ2n) is 7.55. The van der Waals surface area contributed by atoms with Crippen molar-refractivity contribution < 1.29 is 23.9 Å². The standard InChI is InChI=1S/C20H23NO5S/c1-20(2,3)15(22)11-25-18-14(12-27-17-9-16(23)21(17)18)10-26-19(24)13-7-5-4-6-8-13/h4-8,17H,9-12H2,1-3H3/t17-/m0/s1. The van der Waals surface area contributed by atoms with Crippen molar-refractivity contribution in [3.63, 3.8) is 0 Å². The summed E-state index contributed by atoms with van der Waals surface area (Å²) in [7, 11) is 0. The minimum atomic E-state index is -0.526. The maximum atomic E-state index is 12.2. The molecule has 0 aromatic heterocycles. The molecule has 1 aromatic rings. The zero-order valence-electron chi connectivity index (χ0n) is 15.7. The molecular weight excluding hydrogens is 366 g/mol. The molecule has 2 aliphatic heterocycles. The van der Waals surface area contributed by atoms with Crippen LogP contribution in [0, 0.1) is 5.41 Å². The second kappa shape index (κ2) is 7.76. The van der Waals surface area contributed by atoms with E-state index in [1.807, 2.05) is 26.8 Å². The number of hydrogen-bond acceptors (Lipinski definition) is 6. The predicted molar refractivity (Wildman–Crippen MR) is 102 cm³/mol. The van der Waals surface area contributed by atoms with Gasteiger partial charge in [-0.25, -0.2) is 4.79 Å². The first kappa shape index (κ1) is 19.5. The fourth-order valence-corrected chi connectivity index (χ4v) is 3.85. The highest BCUT2D eigenvalue weighted by atomic mass is 32.2. The lowest BCUT2D eigenvalue weighted by molar-refractivity contribution is -0.145. The smallest absolute Gasteiger partial charge is 0.338 e. The van der Waals surface area contributed by atoms with E-state index in [9.17, 15) is 14.4 Å². The van der Waals surface area contributed by atoms with Crippen molar-refractivity contribution in [1.82, 2.24) is 4.90 Å². The molecule has 0 N–H and O–H groups in total. The summed E-state index contributed by atoms with van der Waals surface area (Å²) < 4.78 is 11.2. The molecule has 1 amide bonds. The molecular formula is C20H23NO5S. The molecule has 1 saturated heterocycles. The summed E-state index contributed by atoms with van der Waals surface area (Å²) in [6, 6.07) is 8.72. The molecule has 7 heteroatoms. The first-order chi connectivity index (χ1) is 12.8. The third-order valence-electron chi connectivity index (χ3n) is 4.44. The van der Waals surface area contributed by atoms with Gasteiger partial charge in [0.1, 0.15) is 13.2 Å². The lowest BCUT2D eigenvalue weighted by atomic mass is 9.91. The maximum Gasteiger partial charge on any atom is 0.338 e. The van der Waals surface area contributed by atoms with Crippen LogP contribution in [0.15, 0.2) is 41.8 Å². The molecule has 0 spiro atoms. The summed E-state index contributed by atoms with van der Waals surface area (Å²) in [5.74, 6) is 0.426. The van der Waals surface area contributed by atoms with E-state index in [4.69, 9.17) is 9.47 Å². The fraction of sp³-hybridized carbons (Fsp3) is 0.450. The van der Waals surface area contributed by atoms with Gasteiger partial charge in [-0.05, 0) is 12.1 Å². The van der Waals surface area contributed by atoms with Gasteiger partial charge in [-0.3, -0.25) is 14.5 Å². The maximum absolute atomic E-state index is 12.2. The number of fused-ring (bicyclic) bond motifs is 1. The largest absolute Gasteiger partial charge is 0.471 e. The number of carbonyl (C=O) groups excluding carboxylic acids is 3. The van der Waals surface area contributed by atoms with Crippen LogP contribution < -0.4 is 0 Å². The monoisotopic (exact) mass is 389 g/mol. The van der Waals surface area contributed by atoms with Crippen molar-refractivity contribution in [3.05, 3.63) is 47.4 Å². The molecule has 1 fully saturated rings. The van der Waals surface area contributed by atoms with Crippen molar-refractivity contribution in [2.75, 3.05) is 19.0 Å². The van der Waals surface area contributed by atoms with E-state index >= 15 is 0 Å². The summed E-state index contributed by atoms with van der Waals surface area (Å²) in [6.07, 6.45) is 0.460. The highest BCUT2D eigenvalue weighted by molar-refractivity contribution is 8.00. The number of Topliss-reactive ketones (excluding diaryl/α,β-unsaturated/α-hetero) is 1. The number of nitrogens with zero attached hydrogens (tertiary/aromatic N) is 1. The Labute approximate surface area is 162 Å². The predicted octanol–water partition coefficient (Wildman–Crippen LogP) is 2.99. The molecule has 0 saturated carbocycles. The molecule has 1 atom stereocenters. The average molecular weight is 389 g/mol. The van der Waals surface area contributed by atoms with E-state index in [2.05, 4.69) is 0 Å². The zero-order valence-corrected chi connectivity index (χ0v) is 16.5. The van der Waals surface area contributed by atoms with E-state index in [0.29, 0.717) is 29.2 Å². The average Bonchev–Trinajstić information content (AvgIpc) is 2.63. The van der Waals surface area contributed by atoms with Gasteiger partial charge in [0, 0.05) is 16.7 Å². The number of amides is 1. The van der Waals surface area contributed by atoms with Gasteiger partial charge in [0.2, 0.25) is 11.8 Å². The van der Waals surface area contributed by atoms with Crippen molar-refractivity contribution in [2.24, 2.45) is 5.41 Å². The quantitative estimate of drug-likeness (QED) is 0.550. The molecule has 6 nitrogen and oxygen atoms in total. The summed E-state index contributed by atoms with van der Waals surface area (Å²) in [5, 5.41) is 0.0332. The van der Waals surface area contributed by atoms with Crippen LogP contribution >= 0.6 is 11.8 Å². The van der Waals surface area contributed by atoms with E-state index < -0.39 is 11.4 Å². The molecule has 0 aliphatic carbocycles. The Hall–Kier alpha value is -2.28. The first-order valence-corrected chi connectivity index (χ1v) is 9.86. The second-order valence-corrected chi connectivity index (χ2v) is 8.71. The minimum Gasteiger partial charge on any atom is -0.471 e. The molecule has 27 heavy (non-hydrogen) atoms. The Morgan fingerprint density at radius 3 is 2.56 bits per heavy atom. The molecule has 2 heterocycles. The van der Waals surface area contributed by atoms with E-state index in [1.54, 1.807) is 40.9 Å². The number of rotatable bonds is 6. The summed E-state index contributed by atoms with van der Waals surface area (Å²) in [4.78, 5) is 38.0. The van der Waals surface area contributed by atoms with Gasteiger partial charge in [-0.1, -0.05) is 39.0 Å². The van der Waals surface area contributed by atoms with Crippen molar-refractivity contribution in [2.45, 2.75) is 32.6 Å². The Bertz CT molecular complexity index is 781. The number of ether oxygens (including phenoxy) is 2. The van der Waals surface area contributed by atoms with E-state index in [1.165, 1.54) is 0 Å². The minimum absolute atomic E-state index is 0.0241. The first-order valence-electron chi connectivity index (χ1n) is 8.81. The summed E-state index contributed by atoms with van der Waals surface area (Å²) in [6.45, 7) is 5.38. The fourth-order valence-electron chi connectivity index (χ4n) is 2.63. The van der Waals surface area contributed by atoms with Gasteiger partial charge in [-0.15, -0.1) is 11.8 Å². The van der Waals surface area contributed by atoms with Gasteiger partial charge in [0.25, 0.3) is 0 Å². The normalized spacial score (nSPS) is 19.3. The Morgan fingerprint density at radius 1 is 1.22 bits per heavy atom. The molecule has 144 valence electrons. The third-order valence-corrected chi connectivity index (χ3v) is 5.72. The van der Waals surface area contributed by atoms with Gasteiger partial charge in [-0.2, -0.15) is 0 Å². The van der Waals surface area contributed by atoms with Crippen LogP contribution in [0.1, 0.15) is 37.6 Å². The molecule has 3 rings (SSSR count). The van der Waals surface area contributed by atoms with E-state index in [-0.39, 0.29) is 30.3 Å². The molecule has 0 bridgehead atoms. The van der Waals surface area contributed by atoms with E-state index in [0.717, 1.165) is 0 Å². The van der Waals surface area contributed by atoms with Crippen LogP contribution in [0.25, 0.3) is 0 Å². The van der Waals surface area contributed by atoms with Crippen LogP contribution in [0.2, 0.25) is 0 Å². The Kier molecular flexibility index (Phi) is 5.60. The van der Waals surface area contributed by atoms with Gasteiger partial charge in [0.05, 0.1) is 17.4 Å². The highest BCUT2D eigenvalue weighted by Gasteiger charge is 2.44. The lowest BCUT2D eigenvalue weighted by Gasteiger charge is -2.44. The Morgan fingerprint density at radius 2 is 1.93 bits per heavy atom. The van der Waals surface area contributed by atoms with Crippen LogP contribution in [0.4, 0.5) is 0 Å². The van der Waals surface area contributed by atoms with Crippen LogP contribution in [0.5, 0.6) is 0 Å². The Balaban J connectivity index is 1.72. The van der Waals surface area contributed by atoms with Crippen LogP contribution in [-0.4, -0.2) is 46.9 Å². The molecule has 1 aromatic carbocycles. The lowest BCUT2D eigenvalue weighted by Crippen LogP contribution is -2.53. The zero-order chi connectivity index (χ0) is 19.6. The van der Waals surface area contributed by atoms with Crippen molar-refractivity contribution in [3.8, 4) is 0 Å².